The van der Waals surface area contributed by atoms with Crippen LogP contribution < -0.4 is 16.4 Å². The Kier molecular flexibility index (Phi) is 14.8. The van der Waals surface area contributed by atoms with Gasteiger partial charge in [-0.2, -0.15) is 5.26 Å². The van der Waals surface area contributed by atoms with Gasteiger partial charge in [0.15, 0.2) is 0 Å². The summed E-state index contributed by atoms with van der Waals surface area (Å²) in [6, 6.07) is 0.814. The molecule has 0 rings (SSSR count). The molecule has 0 radical (unpaired) electrons. The summed E-state index contributed by atoms with van der Waals surface area (Å²) < 4.78 is 0. The first-order chi connectivity index (χ1) is 9.73. The quantitative estimate of drug-likeness (QED) is 0.230. The van der Waals surface area contributed by atoms with E-state index in [2.05, 4.69) is 10.6 Å². The highest BCUT2D eigenvalue weighted by molar-refractivity contribution is 5.90. The molecule has 0 aromatic carbocycles. The Morgan fingerprint density at radius 1 is 1.39 bits per heavy atom. The van der Waals surface area contributed by atoms with E-state index >= 15 is 0 Å². The molecule has 0 aromatic heterocycles. The number of amidine groups is 1. The molecule has 1 amide bonds. The lowest BCUT2D eigenvalue weighted by atomic mass is 9.89. The number of nitrogens with one attached hydrogen (secondary N) is 3. The average molecular weight is 370 g/mol. The maximum absolute atomic E-state index is 12.0. The summed E-state index contributed by atoms with van der Waals surface area (Å²) in [5.41, 5.74) is 4.56. The van der Waals surface area contributed by atoms with E-state index in [1.807, 2.05) is 6.07 Å². The predicted molar refractivity (Wildman–Crippen MR) is 92.1 cm³/mol. The van der Waals surface area contributed by atoms with Crippen LogP contribution >= 0.6 is 24.8 Å². The molecule has 134 valence electrons. The first-order valence-electron chi connectivity index (χ1n) is 6.71. The van der Waals surface area contributed by atoms with Gasteiger partial charge in [0.2, 0.25) is 5.91 Å². The molecule has 0 fully saturated rings. The number of nitriles is 1. The number of rotatable bonds is 9. The molecule has 1 unspecified atom stereocenters. The molecule has 0 aromatic rings. The molecule has 2 atom stereocenters. The zero-order chi connectivity index (χ0) is 16.5. The second kappa shape index (κ2) is 12.9. The van der Waals surface area contributed by atoms with Crippen LogP contribution in [0, 0.1) is 16.7 Å². The molecular weight excluding hydrogens is 345 g/mol. The van der Waals surface area contributed by atoms with Gasteiger partial charge in [-0.3, -0.25) is 15.0 Å². The van der Waals surface area contributed by atoms with Crippen LogP contribution in [0.3, 0.4) is 0 Å². The molecule has 0 bridgehead atoms. The highest BCUT2D eigenvalue weighted by Crippen LogP contribution is 2.16. The van der Waals surface area contributed by atoms with Crippen molar-refractivity contribution >= 4 is 42.5 Å². The van der Waals surface area contributed by atoms with Crippen LogP contribution in [0.2, 0.25) is 0 Å². The van der Waals surface area contributed by atoms with Crippen molar-refractivity contribution in [2.24, 2.45) is 5.73 Å². The van der Waals surface area contributed by atoms with Gasteiger partial charge < -0.3 is 21.5 Å². The van der Waals surface area contributed by atoms with E-state index in [1.165, 1.54) is 6.92 Å². The lowest BCUT2D eigenvalue weighted by Crippen LogP contribution is -2.56. The lowest BCUT2D eigenvalue weighted by molar-refractivity contribution is -0.142. The number of hydrogen-bond acceptors (Lipinski definition) is 5. The molecule has 0 saturated carbocycles. The first-order valence-corrected chi connectivity index (χ1v) is 6.71. The van der Waals surface area contributed by atoms with Gasteiger partial charge in [-0.05, 0) is 33.1 Å². The number of unbranched alkanes of at least 4 members (excludes halogenated alkanes) is 1. The SMILES string of the molecule is CC(=N)NCCCCC(N)(CC#N)C(=O)N[C@@H](C)C(=O)O.Cl.Cl. The zero-order valence-electron chi connectivity index (χ0n) is 13.2. The average Bonchev–Trinajstić information content (AvgIpc) is 2.37. The first kappa shape index (κ1) is 26.3. The summed E-state index contributed by atoms with van der Waals surface area (Å²) in [6.07, 6.45) is 1.38. The Morgan fingerprint density at radius 3 is 2.39 bits per heavy atom. The number of nitrogens with two attached hydrogens (primary N) is 1. The minimum absolute atomic E-state index is 0. The minimum atomic E-state index is -1.39. The van der Waals surface area contributed by atoms with Crippen molar-refractivity contribution in [2.75, 3.05) is 6.54 Å². The molecule has 8 nitrogen and oxygen atoms in total. The van der Waals surface area contributed by atoms with E-state index in [4.69, 9.17) is 21.5 Å². The van der Waals surface area contributed by atoms with Crippen molar-refractivity contribution < 1.29 is 14.7 Å². The van der Waals surface area contributed by atoms with Gasteiger partial charge in [-0.1, -0.05) is 0 Å². The van der Waals surface area contributed by atoms with Crippen molar-refractivity contribution in [3.8, 4) is 6.07 Å². The fourth-order valence-electron chi connectivity index (χ4n) is 1.67. The van der Waals surface area contributed by atoms with Gasteiger partial charge in [0.1, 0.15) is 11.6 Å². The maximum atomic E-state index is 12.0. The number of carbonyl (C=O) groups is 2. The van der Waals surface area contributed by atoms with Crippen LogP contribution in [0.1, 0.15) is 39.5 Å². The third-order valence-electron chi connectivity index (χ3n) is 3.00. The summed E-state index contributed by atoms with van der Waals surface area (Å²) in [6.45, 7) is 3.55. The van der Waals surface area contributed by atoms with Crippen LogP contribution in [-0.4, -0.2) is 40.9 Å². The minimum Gasteiger partial charge on any atom is -0.480 e. The van der Waals surface area contributed by atoms with Crippen molar-refractivity contribution in [2.45, 2.75) is 51.1 Å². The van der Waals surface area contributed by atoms with Crippen molar-refractivity contribution in [3.05, 3.63) is 0 Å². The summed E-state index contributed by atoms with van der Waals surface area (Å²) >= 11 is 0. The molecular formula is C13H25Cl2N5O3. The summed E-state index contributed by atoms with van der Waals surface area (Å²) in [5.74, 6) is -1.43. The molecule has 0 saturated heterocycles. The molecule has 0 spiro atoms. The molecule has 0 heterocycles. The predicted octanol–water partition coefficient (Wildman–Crippen LogP) is 0.788. The molecule has 23 heavy (non-hydrogen) atoms. The Labute approximate surface area is 148 Å². The van der Waals surface area contributed by atoms with E-state index in [0.717, 1.165) is 0 Å². The number of amides is 1. The normalized spacial score (nSPS) is 13.1. The number of halogens is 2. The smallest absolute Gasteiger partial charge is 0.325 e. The highest BCUT2D eigenvalue weighted by Gasteiger charge is 2.34. The Morgan fingerprint density at radius 2 is 1.96 bits per heavy atom. The molecule has 0 aliphatic carbocycles. The van der Waals surface area contributed by atoms with Crippen LogP contribution in [0.4, 0.5) is 0 Å². The third-order valence-corrected chi connectivity index (χ3v) is 3.00. The molecule has 0 aliphatic heterocycles. The number of aliphatic carboxylic acids is 1. The van der Waals surface area contributed by atoms with Crippen LogP contribution in [0.25, 0.3) is 0 Å². The van der Waals surface area contributed by atoms with Crippen LogP contribution in [0.5, 0.6) is 0 Å². The zero-order valence-corrected chi connectivity index (χ0v) is 14.9. The number of carboxylic acids is 1. The van der Waals surface area contributed by atoms with Crippen LogP contribution in [-0.2, 0) is 9.59 Å². The van der Waals surface area contributed by atoms with Gasteiger partial charge in [-0.15, -0.1) is 24.8 Å². The summed E-state index contributed by atoms with van der Waals surface area (Å²) in [5, 5.41) is 29.9. The van der Waals surface area contributed by atoms with E-state index in [1.54, 1.807) is 6.92 Å². The highest BCUT2D eigenvalue weighted by atomic mass is 35.5. The largest absolute Gasteiger partial charge is 0.480 e. The van der Waals surface area contributed by atoms with E-state index < -0.39 is 23.5 Å². The maximum Gasteiger partial charge on any atom is 0.325 e. The fourth-order valence-corrected chi connectivity index (χ4v) is 1.67. The van der Waals surface area contributed by atoms with Crippen molar-refractivity contribution in [3.63, 3.8) is 0 Å². The lowest BCUT2D eigenvalue weighted by Gasteiger charge is -2.26. The standard InChI is InChI=1S/C13H23N5O3.2ClH/c1-9(11(19)20)18-12(21)13(16,6-7-14)5-3-4-8-17-10(2)15;;/h9H,3-6,8,16H2,1-2H3,(H2,15,17)(H,18,21)(H,19,20);2*1H/t9-,13?;;/m0../s1. The Bertz CT molecular complexity index is 442. The molecule has 0 aliphatic rings. The van der Waals surface area contributed by atoms with Gasteiger partial charge in [0.05, 0.1) is 18.3 Å². The van der Waals surface area contributed by atoms with E-state index in [9.17, 15) is 9.59 Å². The second-order valence-corrected chi connectivity index (χ2v) is 5.03. The van der Waals surface area contributed by atoms with Crippen molar-refractivity contribution in [1.82, 2.24) is 10.6 Å². The topological polar surface area (TPSA) is 152 Å². The molecule has 10 heteroatoms. The third kappa shape index (κ3) is 10.7. The van der Waals surface area contributed by atoms with E-state index in [0.29, 0.717) is 25.2 Å². The van der Waals surface area contributed by atoms with Gasteiger partial charge >= 0.3 is 5.97 Å². The number of carbonyl (C=O) groups excluding carboxylic acids is 1. The van der Waals surface area contributed by atoms with Crippen molar-refractivity contribution in [1.29, 1.82) is 10.7 Å². The van der Waals surface area contributed by atoms with Gasteiger partial charge in [-0.25, -0.2) is 0 Å². The number of carboxylic acid groups (broad SMARTS) is 1. The molecule has 6 N–H and O–H groups in total. The van der Waals surface area contributed by atoms with Gasteiger partial charge in [0.25, 0.3) is 0 Å². The van der Waals surface area contributed by atoms with Crippen LogP contribution in [0.15, 0.2) is 0 Å². The number of hydrogen-bond donors (Lipinski definition) is 5. The monoisotopic (exact) mass is 369 g/mol. The van der Waals surface area contributed by atoms with E-state index in [-0.39, 0.29) is 37.7 Å². The number of nitrogens with zero attached hydrogens (tertiary/aromatic N) is 1. The summed E-state index contributed by atoms with van der Waals surface area (Å²) in [4.78, 5) is 22.8. The van der Waals surface area contributed by atoms with Gasteiger partial charge in [0, 0.05) is 6.54 Å². The fraction of sp³-hybridized carbons (Fsp3) is 0.692. The second-order valence-electron chi connectivity index (χ2n) is 5.03. The Hall–Kier alpha value is -1.56. The summed E-state index contributed by atoms with van der Waals surface area (Å²) in [7, 11) is 0. The Balaban J connectivity index is -0.00000200.